The number of nitrogens with one attached hydrogen (secondary N) is 2. The molecule has 4 heterocycles. The monoisotopic (exact) mass is 1220 g/mol. The van der Waals surface area contributed by atoms with Gasteiger partial charge in [0.1, 0.15) is 23.6 Å². The van der Waals surface area contributed by atoms with Crippen molar-refractivity contribution in [2.45, 2.75) is 37.8 Å². The van der Waals surface area contributed by atoms with Gasteiger partial charge in [0.25, 0.3) is 0 Å². The van der Waals surface area contributed by atoms with Gasteiger partial charge in [-0.1, -0.05) is 94.9 Å². The topological polar surface area (TPSA) is 164 Å². The quantitative estimate of drug-likeness (QED) is 0.135. The van der Waals surface area contributed by atoms with Crippen molar-refractivity contribution in [2.24, 2.45) is 24.1 Å². The number of aliphatic imine (C=N–C) groups is 2. The molecule has 0 radical (unpaired) electrons. The normalized spacial score (nSPS) is 15.3. The molecule has 0 bridgehead atoms. The van der Waals surface area contributed by atoms with Crippen LogP contribution in [0.2, 0.25) is 20.1 Å². The van der Waals surface area contributed by atoms with Crippen LogP contribution in [0.1, 0.15) is 44.5 Å². The summed E-state index contributed by atoms with van der Waals surface area (Å²) in [5.74, 6) is 0.329. The van der Waals surface area contributed by atoms with Gasteiger partial charge in [-0.25, -0.2) is 9.59 Å². The van der Waals surface area contributed by atoms with Gasteiger partial charge in [-0.3, -0.25) is 28.7 Å². The van der Waals surface area contributed by atoms with Crippen LogP contribution in [0.5, 0.6) is 11.5 Å². The Bertz CT molecular complexity index is 3590. The third kappa shape index (κ3) is 11.5. The van der Waals surface area contributed by atoms with Crippen LogP contribution in [0.25, 0.3) is 22.1 Å². The SMILES string of the molecule is BrB(Br)Br.COc1cc(Cl)cc2c1CC(=O)C(Cc1ccccc1Cl)N=C2c1ccc2[nH]c(=O)n(C)c2c1.Cn1c(=O)[nH]c2ccc(C3=NC(Cc4ccccc4Cl)C(=O)Cc4c(O)cc(Cl)cc43)cc21. The fourth-order valence-corrected chi connectivity index (χ4v) is 9.50. The van der Waals surface area contributed by atoms with Crippen LogP contribution < -0.4 is 16.1 Å². The van der Waals surface area contributed by atoms with E-state index in [-0.39, 0.29) is 44.7 Å². The molecule has 10 rings (SSSR count). The number of hydrogen-bond donors (Lipinski definition) is 3. The van der Waals surface area contributed by atoms with Crippen molar-refractivity contribution < 1.29 is 19.4 Å². The predicted molar refractivity (Wildman–Crippen MR) is 297 cm³/mol. The molecular weight excluding hydrogens is 1180 g/mol. The number of hydrogen-bond acceptors (Lipinski definition) is 8. The zero-order valence-corrected chi connectivity index (χ0v) is 45.7. The van der Waals surface area contributed by atoms with Gasteiger partial charge in [-0.05, 0) is 71.8 Å². The lowest BCUT2D eigenvalue weighted by Crippen LogP contribution is -2.23. The molecule has 0 aliphatic carbocycles. The van der Waals surface area contributed by atoms with E-state index in [1.54, 1.807) is 56.1 Å². The predicted octanol–water partition coefficient (Wildman–Crippen LogP) is 11.4. The Balaban J connectivity index is 0.000000177. The lowest BCUT2D eigenvalue weighted by molar-refractivity contribution is -0.120. The van der Waals surface area contributed by atoms with E-state index in [9.17, 15) is 24.3 Å². The number of aromatic nitrogens is 4. The highest BCUT2D eigenvalue weighted by Crippen LogP contribution is 2.36. The van der Waals surface area contributed by atoms with Crippen molar-refractivity contribution >= 4 is 142 Å². The highest BCUT2D eigenvalue weighted by molar-refractivity contribution is 9.69. The van der Waals surface area contributed by atoms with Gasteiger partial charge >= 0.3 is 14.6 Å². The Kier molecular flexibility index (Phi) is 16.4. The average molecular weight is 1230 g/mol. The summed E-state index contributed by atoms with van der Waals surface area (Å²) in [6.45, 7) is 0. The van der Waals surface area contributed by atoms with Gasteiger partial charge in [-0.2, -0.15) is 0 Å². The smallest absolute Gasteiger partial charge is 0.369 e. The fraction of sp³-hybridized carbons (Fsp3) is 0.176. The number of ketones is 2. The maximum absolute atomic E-state index is 13.4. The van der Waals surface area contributed by atoms with Crippen LogP contribution in [0.4, 0.5) is 0 Å². The number of methoxy groups -OCH3 is 1. The summed E-state index contributed by atoms with van der Waals surface area (Å²) in [4.78, 5) is 66.3. The minimum atomic E-state index is -0.698. The second kappa shape index (κ2) is 22.3. The Morgan fingerprint density at radius 2 is 1.06 bits per heavy atom. The number of phenols is 1. The number of phenolic OH excluding ortho intramolecular Hbond substituents is 1. The number of carbonyl (C=O) groups is 2. The zero-order chi connectivity index (χ0) is 50.8. The van der Waals surface area contributed by atoms with Gasteiger partial charge in [0.15, 0.2) is 11.6 Å². The molecular formula is C51H40BBr3Cl4N6O6. The Hall–Kier alpha value is -5.20. The largest absolute Gasteiger partial charge is 0.508 e. The van der Waals surface area contributed by atoms with E-state index in [0.29, 0.717) is 77.8 Å². The first kappa shape index (κ1) is 52.1. The maximum atomic E-state index is 13.4. The molecule has 0 fully saturated rings. The first-order valence-electron chi connectivity index (χ1n) is 21.8. The molecule has 2 atom stereocenters. The third-order valence-corrected chi connectivity index (χ3v) is 13.4. The molecule has 8 aromatic rings. The van der Waals surface area contributed by atoms with Crippen LogP contribution in [0.15, 0.2) is 129 Å². The molecule has 71 heavy (non-hydrogen) atoms. The molecule has 3 N–H and O–H groups in total. The fourth-order valence-electron chi connectivity index (χ4n) is 8.65. The Labute approximate surface area is 452 Å². The van der Waals surface area contributed by atoms with E-state index in [2.05, 4.69) is 57.2 Å². The number of benzene rings is 6. The number of H-pyrrole nitrogens is 2. The minimum absolute atomic E-state index is 0.0192. The van der Waals surface area contributed by atoms with Crippen molar-refractivity contribution in [2.75, 3.05) is 7.11 Å². The second-order valence-electron chi connectivity index (χ2n) is 16.6. The number of Topliss-reactive ketones (excluding diaryl/α,β-unsaturated/α-hetero) is 2. The molecule has 12 nitrogen and oxygen atoms in total. The number of imidazole rings is 2. The molecule has 0 amide bonds. The van der Waals surface area contributed by atoms with Gasteiger partial charge in [-0.15, -0.1) is 47.3 Å². The maximum Gasteiger partial charge on any atom is 0.369 e. The number of aromatic hydroxyl groups is 1. The summed E-state index contributed by atoms with van der Waals surface area (Å²) in [5.41, 5.74) is 9.26. The Morgan fingerprint density at radius 3 is 1.51 bits per heavy atom. The van der Waals surface area contributed by atoms with E-state index in [0.717, 1.165) is 38.9 Å². The van der Waals surface area contributed by atoms with E-state index in [4.69, 9.17) is 61.1 Å². The molecule has 0 saturated carbocycles. The molecule has 2 unspecified atom stereocenters. The zero-order valence-electron chi connectivity index (χ0n) is 37.9. The van der Waals surface area contributed by atoms with Gasteiger partial charge in [0.2, 0.25) is 0 Å². The lowest BCUT2D eigenvalue weighted by atomic mass is 9.94. The molecule has 2 aromatic heterocycles. The number of fused-ring (bicyclic) bond motifs is 4. The summed E-state index contributed by atoms with van der Waals surface area (Å²) in [6, 6.07) is 31.2. The van der Waals surface area contributed by atoms with E-state index in [1.807, 2.05) is 72.8 Å². The summed E-state index contributed by atoms with van der Waals surface area (Å²) in [6.07, 6.45) is 0.875. The van der Waals surface area contributed by atoms with Gasteiger partial charge in [0.05, 0.1) is 40.6 Å². The van der Waals surface area contributed by atoms with Gasteiger partial charge < -0.3 is 19.8 Å². The average Bonchev–Trinajstić information content (AvgIpc) is 3.66. The van der Waals surface area contributed by atoms with Crippen LogP contribution in [0, 0.1) is 0 Å². The summed E-state index contributed by atoms with van der Waals surface area (Å²) >= 11 is 34.8. The van der Waals surface area contributed by atoms with E-state index < -0.39 is 12.1 Å². The van der Waals surface area contributed by atoms with Crippen molar-refractivity contribution in [3.63, 3.8) is 0 Å². The number of nitrogens with zero attached hydrogens (tertiary/aromatic N) is 4. The molecule has 2 aliphatic heterocycles. The van der Waals surface area contributed by atoms with Crippen LogP contribution >= 0.6 is 93.7 Å². The third-order valence-electron chi connectivity index (χ3n) is 12.2. The molecule has 362 valence electrons. The molecule has 20 heteroatoms. The van der Waals surface area contributed by atoms with E-state index >= 15 is 0 Å². The van der Waals surface area contributed by atoms with Crippen LogP contribution in [-0.2, 0) is 49.4 Å². The highest BCUT2D eigenvalue weighted by Gasteiger charge is 2.31. The molecule has 6 aromatic carbocycles. The van der Waals surface area contributed by atoms with Crippen molar-refractivity contribution in [1.29, 1.82) is 0 Å². The molecule has 0 spiro atoms. The summed E-state index contributed by atoms with van der Waals surface area (Å²) in [5, 5.41) is 12.6. The molecule has 0 saturated heterocycles. The first-order chi connectivity index (χ1) is 33.9. The van der Waals surface area contributed by atoms with Crippen molar-refractivity contribution in [3.8, 4) is 11.5 Å². The van der Waals surface area contributed by atoms with Crippen molar-refractivity contribution in [1.82, 2.24) is 19.1 Å². The van der Waals surface area contributed by atoms with Crippen LogP contribution in [0.3, 0.4) is 0 Å². The standard InChI is InChI=1S/C26H21Cl2N3O3.C25H19Cl2N3O3.BBr3/c1-31-22-10-15(7-8-20(22)30-26(31)33)25-18-11-16(27)12-24(34-2)17(18)13-23(32)21(29-25)9-14-5-3-4-6-19(14)28;1-30-21-9-14(6-7-19(21)29-25(30)33)24-17-10-15(26)11-22(31)16(17)12-23(32)20(28-24)8-13-4-2-3-5-18(13)27;2-1(3)4/h3-8,10-12,21H,9,13H2,1-2H3,(H,30,33);2-7,9-11,20,31H,8,12H2,1H3,(H,29,33);. The number of rotatable bonds is 7. The first-order valence-corrected chi connectivity index (χ1v) is 26.0. The number of carbonyl (C=O) groups excluding carboxylic acids is 2. The lowest BCUT2D eigenvalue weighted by Gasteiger charge is -2.14. The number of aromatic amines is 2. The van der Waals surface area contributed by atoms with Gasteiger partial charge in [0, 0.05) is 93.2 Å². The molecule has 2 aliphatic rings. The van der Waals surface area contributed by atoms with E-state index in [1.165, 1.54) is 10.6 Å². The summed E-state index contributed by atoms with van der Waals surface area (Å²) in [7, 11) is 4.94. The van der Waals surface area contributed by atoms with Crippen LogP contribution in [-0.4, -0.2) is 69.6 Å². The number of ether oxygens (including phenoxy) is 1. The highest BCUT2D eigenvalue weighted by atomic mass is 79.9. The number of halogens is 7. The minimum Gasteiger partial charge on any atom is -0.508 e. The number of aryl methyl sites for hydroxylation is 2. The second-order valence-corrected chi connectivity index (χ2v) is 24.8. The Morgan fingerprint density at radius 1 is 0.634 bits per heavy atom. The summed E-state index contributed by atoms with van der Waals surface area (Å²) < 4.78 is 8.91. The van der Waals surface area contributed by atoms with Crippen molar-refractivity contribution in [3.05, 3.63) is 195 Å².